The van der Waals surface area contributed by atoms with E-state index in [9.17, 15) is 14.7 Å². The second-order valence-electron chi connectivity index (χ2n) is 6.97. The molecule has 3 N–H and O–H groups in total. The number of aliphatic hydroxyl groups excluding tert-OH is 1. The average molecular weight is 438 g/mol. The molecule has 2 aromatic carbocycles. The van der Waals surface area contributed by atoms with Gasteiger partial charge in [-0.2, -0.15) is 0 Å². The summed E-state index contributed by atoms with van der Waals surface area (Å²) >= 11 is 11.9. The summed E-state index contributed by atoms with van der Waals surface area (Å²) in [7, 11) is 0. The minimum Gasteiger partial charge on any atom is -0.387 e. The second-order valence-corrected chi connectivity index (χ2v) is 7.79. The van der Waals surface area contributed by atoms with Crippen LogP contribution in [0.2, 0.25) is 10.0 Å². The molecule has 0 aliphatic heterocycles. The number of anilines is 1. The van der Waals surface area contributed by atoms with E-state index in [1.54, 1.807) is 35.2 Å². The molecule has 2 aromatic rings. The second kappa shape index (κ2) is 10.5. The first kappa shape index (κ1) is 23.0. The van der Waals surface area contributed by atoms with Crippen LogP contribution in [-0.4, -0.2) is 34.5 Å². The molecule has 1 unspecified atom stereocenters. The summed E-state index contributed by atoms with van der Waals surface area (Å²) < 4.78 is 0. The fourth-order valence-electron chi connectivity index (χ4n) is 2.67. The summed E-state index contributed by atoms with van der Waals surface area (Å²) in [6.45, 7) is 5.73. The first-order valence-electron chi connectivity index (χ1n) is 9.21. The van der Waals surface area contributed by atoms with Crippen LogP contribution in [0.3, 0.4) is 0 Å². The zero-order chi connectivity index (χ0) is 21.6. The van der Waals surface area contributed by atoms with Gasteiger partial charge >= 0.3 is 6.03 Å². The van der Waals surface area contributed by atoms with Gasteiger partial charge in [0.05, 0.1) is 22.7 Å². The summed E-state index contributed by atoms with van der Waals surface area (Å²) in [4.78, 5) is 25.3. The molecule has 0 saturated heterocycles. The standard InChI is InChI=1S/C21H25Cl2N3O3/c1-13(2)26(12-20(28)16-6-9-18(22)19(23)10-16)21(29)25-17-7-4-15(5-8-17)11-24-14(3)27/h4-10,13,20,28H,11-12H2,1-3H3,(H,24,27)(H,25,29). The molecule has 0 aliphatic carbocycles. The molecular formula is C21H25Cl2N3O3. The number of nitrogens with zero attached hydrogens (tertiary/aromatic N) is 1. The highest BCUT2D eigenvalue weighted by Gasteiger charge is 2.22. The highest BCUT2D eigenvalue weighted by atomic mass is 35.5. The minimum atomic E-state index is -0.905. The summed E-state index contributed by atoms with van der Waals surface area (Å²) in [6.07, 6.45) is -0.905. The van der Waals surface area contributed by atoms with E-state index in [1.165, 1.54) is 6.92 Å². The van der Waals surface area contributed by atoms with E-state index in [4.69, 9.17) is 23.2 Å². The maximum absolute atomic E-state index is 12.7. The number of halogens is 2. The molecular weight excluding hydrogens is 413 g/mol. The summed E-state index contributed by atoms with van der Waals surface area (Å²) in [5.41, 5.74) is 2.13. The number of amides is 3. The number of hydrogen-bond acceptors (Lipinski definition) is 3. The third-order valence-corrected chi connectivity index (χ3v) is 5.07. The van der Waals surface area contributed by atoms with Crippen LogP contribution in [0.5, 0.6) is 0 Å². The topological polar surface area (TPSA) is 81.7 Å². The van der Waals surface area contributed by atoms with Gasteiger partial charge in [0.15, 0.2) is 0 Å². The lowest BCUT2D eigenvalue weighted by atomic mass is 10.1. The van der Waals surface area contributed by atoms with Gasteiger partial charge in [0, 0.05) is 25.2 Å². The van der Waals surface area contributed by atoms with Gasteiger partial charge in [-0.15, -0.1) is 0 Å². The zero-order valence-electron chi connectivity index (χ0n) is 16.6. The molecule has 0 spiro atoms. The summed E-state index contributed by atoms with van der Waals surface area (Å²) in [5, 5.41) is 16.9. The molecule has 156 valence electrons. The quantitative estimate of drug-likeness (QED) is 0.591. The van der Waals surface area contributed by atoms with Gasteiger partial charge in [0.25, 0.3) is 0 Å². The average Bonchev–Trinajstić information content (AvgIpc) is 2.67. The normalized spacial score (nSPS) is 11.8. The number of nitrogens with one attached hydrogen (secondary N) is 2. The van der Waals surface area contributed by atoms with Crippen LogP contribution in [0.1, 0.15) is 38.0 Å². The third-order valence-electron chi connectivity index (χ3n) is 4.33. The number of carbonyl (C=O) groups is 2. The van der Waals surface area contributed by atoms with Crippen LogP contribution < -0.4 is 10.6 Å². The Bertz CT molecular complexity index is 857. The predicted molar refractivity (Wildman–Crippen MR) is 116 cm³/mol. The van der Waals surface area contributed by atoms with Crippen LogP contribution in [0.4, 0.5) is 10.5 Å². The smallest absolute Gasteiger partial charge is 0.322 e. The molecule has 3 amide bonds. The van der Waals surface area contributed by atoms with Crippen molar-refractivity contribution in [1.82, 2.24) is 10.2 Å². The van der Waals surface area contributed by atoms with Gasteiger partial charge in [0.1, 0.15) is 0 Å². The molecule has 0 saturated carbocycles. The zero-order valence-corrected chi connectivity index (χ0v) is 18.1. The molecule has 1 atom stereocenters. The number of hydrogen-bond donors (Lipinski definition) is 3. The third kappa shape index (κ3) is 6.92. The van der Waals surface area contributed by atoms with Crippen molar-refractivity contribution in [2.24, 2.45) is 0 Å². The molecule has 2 rings (SSSR count). The molecule has 0 heterocycles. The highest BCUT2D eigenvalue weighted by Crippen LogP contribution is 2.26. The molecule has 8 heteroatoms. The Balaban J connectivity index is 2.03. The van der Waals surface area contributed by atoms with Crippen molar-refractivity contribution >= 4 is 40.8 Å². The van der Waals surface area contributed by atoms with Crippen LogP contribution >= 0.6 is 23.2 Å². The van der Waals surface area contributed by atoms with E-state index in [2.05, 4.69) is 10.6 Å². The van der Waals surface area contributed by atoms with Crippen LogP contribution in [-0.2, 0) is 11.3 Å². The lowest BCUT2D eigenvalue weighted by molar-refractivity contribution is -0.119. The van der Waals surface area contributed by atoms with Gasteiger partial charge in [-0.3, -0.25) is 4.79 Å². The molecule has 0 fully saturated rings. The Kier molecular flexibility index (Phi) is 8.32. The Hall–Kier alpha value is -2.28. The van der Waals surface area contributed by atoms with E-state index in [0.29, 0.717) is 27.8 Å². The molecule has 0 bridgehead atoms. The Morgan fingerprint density at radius 1 is 1.07 bits per heavy atom. The van der Waals surface area contributed by atoms with E-state index in [-0.39, 0.29) is 24.5 Å². The SMILES string of the molecule is CC(=O)NCc1ccc(NC(=O)N(CC(O)c2ccc(Cl)c(Cl)c2)C(C)C)cc1. The van der Waals surface area contributed by atoms with Crippen LogP contribution in [0.15, 0.2) is 42.5 Å². The van der Waals surface area contributed by atoms with Crippen molar-refractivity contribution in [3.63, 3.8) is 0 Å². The Labute approximate surface area is 180 Å². The first-order chi connectivity index (χ1) is 13.7. The number of aliphatic hydroxyl groups is 1. The monoisotopic (exact) mass is 437 g/mol. The number of urea groups is 1. The number of benzene rings is 2. The van der Waals surface area contributed by atoms with Crippen molar-refractivity contribution in [2.75, 3.05) is 11.9 Å². The molecule has 0 aromatic heterocycles. The lowest BCUT2D eigenvalue weighted by Crippen LogP contribution is -2.42. The predicted octanol–water partition coefficient (Wildman–Crippen LogP) is 4.61. The Morgan fingerprint density at radius 2 is 1.72 bits per heavy atom. The van der Waals surface area contributed by atoms with E-state index >= 15 is 0 Å². The van der Waals surface area contributed by atoms with Crippen molar-refractivity contribution in [1.29, 1.82) is 0 Å². The van der Waals surface area contributed by atoms with Gasteiger partial charge in [-0.25, -0.2) is 4.79 Å². The van der Waals surface area contributed by atoms with E-state index in [0.717, 1.165) is 5.56 Å². The van der Waals surface area contributed by atoms with Crippen LogP contribution in [0, 0.1) is 0 Å². The van der Waals surface area contributed by atoms with Crippen molar-refractivity contribution in [2.45, 2.75) is 39.5 Å². The molecule has 6 nitrogen and oxygen atoms in total. The van der Waals surface area contributed by atoms with Crippen molar-refractivity contribution < 1.29 is 14.7 Å². The van der Waals surface area contributed by atoms with E-state index < -0.39 is 6.10 Å². The highest BCUT2D eigenvalue weighted by molar-refractivity contribution is 6.42. The molecule has 0 radical (unpaired) electrons. The van der Waals surface area contributed by atoms with Crippen molar-refractivity contribution in [3.05, 3.63) is 63.6 Å². The van der Waals surface area contributed by atoms with Gasteiger partial charge < -0.3 is 20.6 Å². The van der Waals surface area contributed by atoms with Gasteiger partial charge in [-0.05, 0) is 49.2 Å². The summed E-state index contributed by atoms with van der Waals surface area (Å²) in [6, 6.07) is 11.6. The van der Waals surface area contributed by atoms with Crippen LogP contribution in [0.25, 0.3) is 0 Å². The largest absolute Gasteiger partial charge is 0.387 e. The maximum atomic E-state index is 12.7. The summed E-state index contributed by atoms with van der Waals surface area (Å²) in [5.74, 6) is -0.101. The fraction of sp³-hybridized carbons (Fsp3) is 0.333. The maximum Gasteiger partial charge on any atom is 0.322 e. The van der Waals surface area contributed by atoms with E-state index in [1.807, 2.05) is 26.0 Å². The molecule has 0 aliphatic rings. The first-order valence-corrected chi connectivity index (χ1v) is 9.97. The fourth-order valence-corrected chi connectivity index (χ4v) is 2.97. The number of carbonyl (C=O) groups excluding carboxylic acids is 2. The van der Waals surface area contributed by atoms with Gasteiger partial charge in [0.2, 0.25) is 5.91 Å². The van der Waals surface area contributed by atoms with Crippen molar-refractivity contribution in [3.8, 4) is 0 Å². The lowest BCUT2D eigenvalue weighted by Gasteiger charge is -2.29. The van der Waals surface area contributed by atoms with Gasteiger partial charge in [-0.1, -0.05) is 41.4 Å². The molecule has 29 heavy (non-hydrogen) atoms. The Morgan fingerprint density at radius 3 is 2.28 bits per heavy atom. The number of rotatable bonds is 7. The minimum absolute atomic E-state index is 0.0993.